The number of ether oxygens (including phenoxy) is 1. The average Bonchev–Trinajstić information content (AvgIpc) is 2.45. The van der Waals surface area contributed by atoms with Gasteiger partial charge in [0.25, 0.3) is 0 Å². The fraction of sp³-hybridized carbons (Fsp3) is 0.133. The average molecular weight is 341 g/mol. The van der Waals surface area contributed by atoms with Gasteiger partial charge >= 0.3 is 0 Å². The molecule has 0 saturated heterocycles. The summed E-state index contributed by atoms with van der Waals surface area (Å²) in [6.45, 7) is 1.70. The third kappa shape index (κ3) is 3.04. The van der Waals surface area contributed by atoms with Crippen LogP contribution < -0.4 is 4.74 Å². The molecule has 0 bridgehead atoms. The molecular formula is C15H11BrF2O2. The molecule has 2 aromatic carbocycles. The van der Waals surface area contributed by atoms with Gasteiger partial charge in [-0.05, 0) is 52.3 Å². The maximum Gasteiger partial charge on any atom is 0.180 e. The normalized spacial score (nSPS) is 10.4. The highest BCUT2D eigenvalue weighted by Crippen LogP contribution is 2.32. The standard InChI is InChI=1S/C15H11BrF2O2/c1-2-12(19)11-7-8-13(15(18)14(11)16)20-10-5-3-9(17)4-6-10/h3-8H,2H2,1H3. The Labute approximate surface area is 123 Å². The highest BCUT2D eigenvalue weighted by Gasteiger charge is 2.16. The first kappa shape index (κ1) is 14.7. The molecule has 2 nitrogen and oxygen atoms in total. The molecule has 0 spiro atoms. The van der Waals surface area contributed by atoms with Crippen molar-refractivity contribution in [1.82, 2.24) is 0 Å². The van der Waals surface area contributed by atoms with Crippen molar-refractivity contribution in [2.45, 2.75) is 13.3 Å². The minimum Gasteiger partial charge on any atom is -0.454 e. The van der Waals surface area contributed by atoms with E-state index in [1.54, 1.807) is 6.92 Å². The van der Waals surface area contributed by atoms with Crippen molar-refractivity contribution in [1.29, 1.82) is 0 Å². The molecule has 0 aliphatic heterocycles. The second-order valence-corrected chi connectivity index (χ2v) is 4.86. The van der Waals surface area contributed by atoms with E-state index < -0.39 is 11.6 Å². The monoisotopic (exact) mass is 340 g/mol. The summed E-state index contributed by atoms with van der Waals surface area (Å²) in [5.41, 5.74) is 0.274. The van der Waals surface area contributed by atoms with Crippen molar-refractivity contribution < 1.29 is 18.3 Å². The molecule has 2 rings (SSSR count). The van der Waals surface area contributed by atoms with Crippen LogP contribution in [0.1, 0.15) is 23.7 Å². The van der Waals surface area contributed by atoms with E-state index in [-0.39, 0.29) is 28.0 Å². The quantitative estimate of drug-likeness (QED) is 0.722. The first-order valence-electron chi connectivity index (χ1n) is 5.97. The van der Waals surface area contributed by atoms with Gasteiger partial charge in [-0.25, -0.2) is 8.78 Å². The van der Waals surface area contributed by atoms with Crippen LogP contribution in [0.4, 0.5) is 8.78 Å². The molecule has 0 saturated carbocycles. The van der Waals surface area contributed by atoms with Gasteiger partial charge in [0.05, 0.1) is 4.47 Å². The highest BCUT2D eigenvalue weighted by atomic mass is 79.9. The molecular weight excluding hydrogens is 330 g/mol. The van der Waals surface area contributed by atoms with Crippen molar-refractivity contribution in [3.8, 4) is 11.5 Å². The number of carbonyl (C=O) groups excluding carboxylic acids is 1. The van der Waals surface area contributed by atoms with Crippen LogP contribution in [-0.2, 0) is 0 Å². The Morgan fingerprint density at radius 3 is 2.40 bits per heavy atom. The van der Waals surface area contributed by atoms with Crippen molar-refractivity contribution in [3.63, 3.8) is 0 Å². The van der Waals surface area contributed by atoms with Crippen LogP contribution in [0.3, 0.4) is 0 Å². The molecule has 0 aliphatic rings. The number of hydrogen-bond donors (Lipinski definition) is 0. The van der Waals surface area contributed by atoms with E-state index in [1.165, 1.54) is 36.4 Å². The van der Waals surface area contributed by atoms with E-state index in [0.29, 0.717) is 5.75 Å². The Balaban J connectivity index is 2.32. The van der Waals surface area contributed by atoms with Gasteiger partial charge in [-0.1, -0.05) is 6.92 Å². The molecule has 0 atom stereocenters. The Morgan fingerprint density at radius 1 is 1.15 bits per heavy atom. The van der Waals surface area contributed by atoms with Crippen molar-refractivity contribution in [2.75, 3.05) is 0 Å². The zero-order valence-corrected chi connectivity index (χ0v) is 12.2. The van der Waals surface area contributed by atoms with E-state index >= 15 is 0 Å². The van der Waals surface area contributed by atoms with Crippen LogP contribution in [0.25, 0.3) is 0 Å². The van der Waals surface area contributed by atoms with Gasteiger partial charge in [-0.15, -0.1) is 0 Å². The van der Waals surface area contributed by atoms with Crippen LogP contribution in [-0.4, -0.2) is 5.78 Å². The van der Waals surface area contributed by atoms with Gasteiger partial charge in [-0.2, -0.15) is 0 Å². The Morgan fingerprint density at radius 2 is 1.80 bits per heavy atom. The molecule has 0 fully saturated rings. The molecule has 0 aromatic heterocycles. The van der Waals surface area contributed by atoms with E-state index in [9.17, 15) is 13.6 Å². The van der Waals surface area contributed by atoms with Crippen molar-refractivity contribution >= 4 is 21.7 Å². The second-order valence-electron chi connectivity index (χ2n) is 4.07. The summed E-state index contributed by atoms with van der Waals surface area (Å²) < 4.78 is 32.3. The number of benzene rings is 2. The number of carbonyl (C=O) groups is 1. The van der Waals surface area contributed by atoms with Gasteiger partial charge in [0.2, 0.25) is 0 Å². The summed E-state index contributed by atoms with van der Waals surface area (Å²) in [7, 11) is 0. The topological polar surface area (TPSA) is 26.3 Å². The fourth-order valence-electron chi connectivity index (χ4n) is 1.65. The lowest BCUT2D eigenvalue weighted by Gasteiger charge is -2.10. The molecule has 20 heavy (non-hydrogen) atoms. The number of rotatable bonds is 4. The number of ketones is 1. The van der Waals surface area contributed by atoms with Gasteiger partial charge in [0, 0.05) is 12.0 Å². The first-order valence-corrected chi connectivity index (χ1v) is 6.77. The molecule has 0 amide bonds. The zero-order valence-electron chi connectivity index (χ0n) is 10.6. The predicted molar refractivity (Wildman–Crippen MR) is 75.2 cm³/mol. The Kier molecular flexibility index (Phi) is 4.49. The summed E-state index contributed by atoms with van der Waals surface area (Å²) >= 11 is 3.06. The highest BCUT2D eigenvalue weighted by molar-refractivity contribution is 9.10. The van der Waals surface area contributed by atoms with Gasteiger partial charge in [0.15, 0.2) is 17.3 Å². The molecule has 5 heteroatoms. The van der Waals surface area contributed by atoms with E-state index in [1.807, 2.05) is 0 Å². The van der Waals surface area contributed by atoms with Gasteiger partial charge in [0.1, 0.15) is 11.6 Å². The lowest BCUT2D eigenvalue weighted by molar-refractivity contribution is 0.0987. The molecule has 0 N–H and O–H groups in total. The van der Waals surface area contributed by atoms with Crippen LogP contribution >= 0.6 is 15.9 Å². The Bertz CT molecular complexity index is 639. The Hall–Kier alpha value is -1.75. The van der Waals surface area contributed by atoms with Gasteiger partial charge in [-0.3, -0.25) is 4.79 Å². The molecule has 0 radical (unpaired) electrons. The summed E-state index contributed by atoms with van der Waals surface area (Å²) in [6, 6.07) is 8.11. The molecule has 2 aromatic rings. The summed E-state index contributed by atoms with van der Waals surface area (Å²) in [6.07, 6.45) is 0.288. The van der Waals surface area contributed by atoms with Crippen LogP contribution in [0.2, 0.25) is 0 Å². The third-order valence-corrected chi connectivity index (χ3v) is 3.49. The second kappa shape index (κ2) is 6.13. The SMILES string of the molecule is CCC(=O)c1ccc(Oc2ccc(F)cc2)c(F)c1Br. The molecule has 0 heterocycles. The largest absolute Gasteiger partial charge is 0.454 e. The zero-order chi connectivity index (χ0) is 14.7. The predicted octanol–water partition coefficient (Wildman–Crippen LogP) is 5.11. The van der Waals surface area contributed by atoms with Crippen LogP contribution in [0, 0.1) is 11.6 Å². The molecule has 0 aliphatic carbocycles. The smallest absolute Gasteiger partial charge is 0.180 e. The number of halogens is 3. The summed E-state index contributed by atoms with van der Waals surface area (Å²) in [4.78, 5) is 11.6. The minimum atomic E-state index is -0.659. The van der Waals surface area contributed by atoms with Crippen molar-refractivity contribution in [2.24, 2.45) is 0 Å². The minimum absolute atomic E-state index is 0.0314. The van der Waals surface area contributed by atoms with Gasteiger partial charge < -0.3 is 4.74 Å². The summed E-state index contributed by atoms with van der Waals surface area (Å²) in [5.74, 6) is -0.941. The van der Waals surface area contributed by atoms with E-state index in [4.69, 9.17) is 4.74 Å². The molecule has 104 valence electrons. The van der Waals surface area contributed by atoms with Crippen LogP contribution in [0.15, 0.2) is 40.9 Å². The maximum atomic E-state index is 14.1. The van der Waals surface area contributed by atoms with Crippen molar-refractivity contribution in [3.05, 3.63) is 58.1 Å². The maximum absolute atomic E-state index is 14.1. The third-order valence-electron chi connectivity index (χ3n) is 2.71. The number of hydrogen-bond acceptors (Lipinski definition) is 2. The number of Topliss-reactive ketones (excluding diaryl/α,β-unsaturated/α-hetero) is 1. The van der Waals surface area contributed by atoms with Crippen LogP contribution in [0.5, 0.6) is 11.5 Å². The van der Waals surface area contributed by atoms with E-state index in [0.717, 1.165) is 0 Å². The first-order chi connectivity index (χ1) is 9.52. The summed E-state index contributed by atoms with van der Waals surface area (Å²) in [5, 5.41) is 0. The fourth-order valence-corrected chi connectivity index (χ4v) is 2.19. The molecule has 0 unspecified atom stereocenters. The van der Waals surface area contributed by atoms with E-state index in [2.05, 4.69) is 15.9 Å². The lowest BCUT2D eigenvalue weighted by Crippen LogP contribution is -2.01. The lowest BCUT2D eigenvalue weighted by atomic mass is 10.1.